The number of carbonyl (C=O) groups excluding carboxylic acids is 1. The highest BCUT2D eigenvalue weighted by Crippen LogP contribution is 2.36. The van der Waals surface area contributed by atoms with Gasteiger partial charge in [-0.15, -0.1) is 0 Å². The number of amides is 1. The molecule has 0 aromatic rings. The molecule has 1 N–H and O–H groups in total. The summed E-state index contributed by atoms with van der Waals surface area (Å²) in [6, 6.07) is 0.309. The molecule has 96 valence electrons. The SMILES string of the molecule is C=C1OC(O/C=C2/C(=O)NC3CCCC23)C=C1C. The molecular weight excluding hydrogens is 230 g/mol. The van der Waals surface area contributed by atoms with Gasteiger partial charge in [-0.05, 0) is 25.3 Å². The molecule has 1 aliphatic carbocycles. The summed E-state index contributed by atoms with van der Waals surface area (Å²) < 4.78 is 10.9. The molecule has 3 atom stereocenters. The van der Waals surface area contributed by atoms with E-state index in [1.54, 1.807) is 6.26 Å². The van der Waals surface area contributed by atoms with Crippen LogP contribution in [-0.4, -0.2) is 18.2 Å². The molecule has 1 amide bonds. The van der Waals surface area contributed by atoms with Gasteiger partial charge < -0.3 is 14.8 Å². The number of allylic oxidation sites excluding steroid dienone is 1. The van der Waals surface area contributed by atoms with Gasteiger partial charge in [-0.25, -0.2) is 0 Å². The molecule has 18 heavy (non-hydrogen) atoms. The summed E-state index contributed by atoms with van der Waals surface area (Å²) in [7, 11) is 0. The third-order valence-corrected chi connectivity index (χ3v) is 3.91. The van der Waals surface area contributed by atoms with Crippen molar-refractivity contribution < 1.29 is 14.3 Å². The topological polar surface area (TPSA) is 47.6 Å². The van der Waals surface area contributed by atoms with Gasteiger partial charge in [0.25, 0.3) is 12.2 Å². The van der Waals surface area contributed by atoms with Gasteiger partial charge in [-0.2, -0.15) is 0 Å². The minimum atomic E-state index is -0.446. The molecular formula is C14H17NO3. The van der Waals surface area contributed by atoms with Crippen molar-refractivity contribution in [2.24, 2.45) is 5.92 Å². The van der Waals surface area contributed by atoms with Crippen LogP contribution in [0.15, 0.2) is 35.8 Å². The first kappa shape index (κ1) is 11.4. The predicted octanol–water partition coefficient (Wildman–Crippen LogP) is 2.00. The van der Waals surface area contributed by atoms with E-state index in [2.05, 4.69) is 11.9 Å². The molecule has 0 radical (unpaired) electrons. The molecule has 4 heteroatoms. The van der Waals surface area contributed by atoms with Crippen molar-refractivity contribution in [1.82, 2.24) is 5.32 Å². The highest BCUT2D eigenvalue weighted by Gasteiger charge is 2.40. The Morgan fingerprint density at radius 3 is 3.11 bits per heavy atom. The number of fused-ring (bicyclic) bond motifs is 1. The molecule has 0 spiro atoms. The van der Waals surface area contributed by atoms with Crippen LogP contribution in [0.4, 0.5) is 0 Å². The zero-order chi connectivity index (χ0) is 12.7. The quantitative estimate of drug-likeness (QED) is 0.599. The molecule has 3 aliphatic rings. The van der Waals surface area contributed by atoms with Crippen LogP contribution < -0.4 is 5.32 Å². The second-order valence-electron chi connectivity index (χ2n) is 5.09. The summed E-state index contributed by atoms with van der Waals surface area (Å²) in [5.74, 6) is 0.947. The number of nitrogens with one attached hydrogen (secondary N) is 1. The number of ether oxygens (including phenoxy) is 2. The minimum Gasteiger partial charge on any atom is -0.458 e. The lowest BCUT2D eigenvalue weighted by molar-refractivity contribution is -0.116. The van der Waals surface area contributed by atoms with Gasteiger partial charge in [0.1, 0.15) is 5.76 Å². The molecule has 1 saturated heterocycles. The average Bonchev–Trinajstić information content (AvgIpc) is 2.94. The smallest absolute Gasteiger partial charge is 0.260 e. The maximum absolute atomic E-state index is 11.8. The van der Waals surface area contributed by atoms with Gasteiger partial charge in [0, 0.05) is 18.0 Å². The molecule has 0 aromatic heterocycles. The Morgan fingerprint density at radius 1 is 1.56 bits per heavy atom. The van der Waals surface area contributed by atoms with Crippen molar-refractivity contribution in [3.63, 3.8) is 0 Å². The normalized spacial score (nSPS) is 36.4. The third kappa shape index (κ3) is 1.82. The van der Waals surface area contributed by atoms with Gasteiger partial charge in [-0.3, -0.25) is 4.79 Å². The molecule has 4 nitrogen and oxygen atoms in total. The van der Waals surface area contributed by atoms with Crippen LogP contribution in [0, 0.1) is 5.92 Å². The lowest BCUT2D eigenvalue weighted by Gasteiger charge is -2.11. The monoisotopic (exact) mass is 247 g/mol. The fraction of sp³-hybridized carbons (Fsp3) is 0.500. The van der Waals surface area contributed by atoms with Crippen molar-refractivity contribution in [1.29, 1.82) is 0 Å². The van der Waals surface area contributed by atoms with Crippen molar-refractivity contribution in [2.45, 2.75) is 38.5 Å². The number of rotatable bonds is 2. The summed E-state index contributed by atoms with van der Waals surface area (Å²) in [6.07, 6.45) is 6.28. The second kappa shape index (κ2) is 4.19. The van der Waals surface area contributed by atoms with Crippen LogP contribution in [0.2, 0.25) is 0 Å². The van der Waals surface area contributed by atoms with Gasteiger partial charge >= 0.3 is 0 Å². The van der Waals surface area contributed by atoms with E-state index in [4.69, 9.17) is 9.47 Å². The Kier molecular flexibility index (Phi) is 2.65. The first-order valence-corrected chi connectivity index (χ1v) is 6.36. The first-order valence-electron chi connectivity index (χ1n) is 6.36. The fourth-order valence-corrected chi connectivity index (χ4v) is 2.84. The zero-order valence-corrected chi connectivity index (χ0v) is 10.4. The number of hydrogen-bond acceptors (Lipinski definition) is 3. The Balaban J connectivity index is 1.69. The van der Waals surface area contributed by atoms with E-state index in [1.807, 2.05) is 13.0 Å². The summed E-state index contributed by atoms with van der Waals surface area (Å²) in [5.41, 5.74) is 1.73. The summed E-state index contributed by atoms with van der Waals surface area (Å²) in [5, 5.41) is 3.00. The summed E-state index contributed by atoms with van der Waals surface area (Å²) >= 11 is 0. The van der Waals surface area contributed by atoms with Gasteiger partial charge in [0.15, 0.2) is 0 Å². The van der Waals surface area contributed by atoms with Gasteiger partial charge in [0.05, 0.1) is 11.8 Å². The van der Waals surface area contributed by atoms with Crippen molar-refractivity contribution >= 4 is 5.91 Å². The van der Waals surface area contributed by atoms with E-state index < -0.39 is 6.29 Å². The second-order valence-corrected chi connectivity index (χ2v) is 5.09. The van der Waals surface area contributed by atoms with E-state index in [9.17, 15) is 4.79 Å². The van der Waals surface area contributed by atoms with E-state index in [-0.39, 0.29) is 5.91 Å². The molecule has 3 rings (SSSR count). The molecule has 0 bridgehead atoms. The highest BCUT2D eigenvalue weighted by molar-refractivity contribution is 5.96. The Bertz CT molecular complexity index is 464. The maximum atomic E-state index is 11.8. The molecule has 2 aliphatic heterocycles. The van der Waals surface area contributed by atoms with Crippen LogP contribution in [-0.2, 0) is 14.3 Å². The van der Waals surface area contributed by atoms with Crippen LogP contribution in [0.1, 0.15) is 26.2 Å². The van der Waals surface area contributed by atoms with Crippen LogP contribution >= 0.6 is 0 Å². The van der Waals surface area contributed by atoms with Crippen molar-refractivity contribution in [3.05, 3.63) is 35.8 Å². The summed E-state index contributed by atoms with van der Waals surface area (Å²) in [4.78, 5) is 11.8. The molecule has 2 fully saturated rings. The van der Waals surface area contributed by atoms with E-state index in [0.29, 0.717) is 17.7 Å². The van der Waals surface area contributed by atoms with Crippen LogP contribution in [0.25, 0.3) is 0 Å². The lowest BCUT2D eigenvalue weighted by atomic mass is 10.00. The Morgan fingerprint density at radius 2 is 2.39 bits per heavy atom. The molecule has 0 aromatic carbocycles. The van der Waals surface area contributed by atoms with Crippen molar-refractivity contribution in [3.8, 4) is 0 Å². The number of carbonyl (C=O) groups is 1. The molecule has 2 heterocycles. The maximum Gasteiger partial charge on any atom is 0.260 e. The van der Waals surface area contributed by atoms with Crippen LogP contribution in [0.3, 0.4) is 0 Å². The minimum absolute atomic E-state index is 0.00206. The number of hydrogen-bond donors (Lipinski definition) is 1. The van der Waals surface area contributed by atoms with Gasteiger partial charge in [0.2, 0.25) is 0 Å². The van der Waals surface area contributed by atoms with Crippen molar-refractivity contribution in [2.75, 3.05) is 0 Å². The standard InChI is InChI=1S/C14H17NO3/c1-8-6-13(18-9(8)2)17-7-11-10-4-3-5-12(10)15-14(11)16/h6-7,10,12-13H,2-5H2,1H3,(H,15,16)/b11-7+. The fourth-order valence-electron chi connectivity index (χ4n) is 2.84. The van der Waals surface area contributed by atoms with Gasteiger partial charge in [-0.1, -0.05) is 13.0 Å². The lowest BCUT2D eigenvalue weighted by Crippen LogP contribution is -2.25. The summed E-state index contributed by atoms with van der Waals surface area (Å²) in [6.45, 7) is 5.69. The van der Waals surface area contributed by atoms with E-state index >= 15 is 0 Å². The van der Waals surface area contributed by atoms with Crippen LogP contribution in [0.5, 0.6) is 0 Å². The Hall–Kier alpha value is -1.71. The highest BCUT2D eigenvalue weighted by atomic mass is 16.7. The first-order chi connectivity index (χ1) is 8.65. The molecule has 3 unspecified atom stereocenters. The molecule has 1 saturated carbocycles. The Labute approximate surface area is 106 Å². The zero-order valence-electron chi connectivity index (χ0n) is 10.4. The third-order valence-electron chi connectivity index (χ3n) is 3.91. The largest absolute Gasteiger partial charge is 0.458 e. The average molecular weight is 247 g/mol. The van der Waals surface area contributed by atoms with E-state index in [1.165, 1.54) is 6.42 Å². The predicted molar refractivity (Wildman–Crippen MR) is 66.2 cm³/mol. The van der Waals surface area contributed by atoms with E-state index in [0.717, 1.165) is 24.0 Å².